The first-order valence-electron chi connectivity index (χ1n) is 4.54. The fourth-order valence-electron chi connectivity index (χ4n) is 1.59. The summed E-state index contributed by atoms with van der Waals surface area (Å²) in [6.45, 7) is -0.169. The van der Waals surface area contributed by atoms with Gasteiger partial charge in [0.2, 0.25) is 5.91 Å². The highest BCUT2D eigenvalue weighted by molar-refractivity contribution is 5.82. The first-order chi connectivity index (χ1) is 6.60. The van der Waals surface area contributed by atoms with Gasteiger partial charge in [0.05, 0.1) is 12.7 Å². The minimum atomic E-state index is -1.13. The normalized spacial score (nSPS) is 38.0. The molecule has 4 atom stereocenters. The molecule has 0 bridgehead atoms. The third kappa shape index (κ3) is 2.21. The van der Waals surface area contributed by atoms with E-state index in [-0.39, 0.29) is 19.1 Å². The third-order valence-corrected chi connectivity index (χ3v) is 2.43. The summed E-state index contributed by atoms with van der Waals surface area (Å²) >= 11 is 0. The van der Waals surface area contributed by atoms with Crippen molar-refractivity contribution in [3.05, 3.63) is 0 Å². The summed E-state index contributed by atoms with van der Waals surface area (Å²) in [4.78, 5) is 11.3. The Morgan fingerprint density at radius 2 is 2.21 bits per heavy atom. The molecule has 1 aliphatic rings. The summed E-state index contributed by atoms with van der Waals surface area (Å²) in [5.41, 5.74) is 0. The number of hydrogen-bond donors (Lipinski definition) is 5. The maximum absolute atomic E-state index is 11.3. The van der Waals surface area contributed by atoms with E-state index < -0.39 is 24.2 Å². The van der Waals surface area contributed by atoms with Crippen LogP contribution in [0.3, 0.4) is 0 Å². The monoisotopic (exact) mass is 204 g/mol. The molecule has 0 unspecified atom stereocenters. The predicted octanol–water partition coefficient (Wildman–Crippen LogP) is -2.82. The van der Waals surface area contributed by atoms with Crippen LogP contribution in [0.25, 0.3) is 0 Å². The zero-order valence-electron chi connectivity index (χ0n) is 7.97. The second kappa shape index (κ2) is 4.70. The minimum Gasteiger partial charge on any atom is -0.395 e. The molecule has 1 saturated heterocycles. The fraction of sp³-hybridized carbons (Fsp3) is 0.875. The molecule has 0 aliphatic carbocycles. The number of aliphatic hydroxyl groups excluding tert-OH is 3. The average molecular weight is 204 g/mol. The van der Waals surface area contributed by atoms with E-state index in [1.807, 2.05) is 0 Å². The van der Waals surface area contributed by atoms with Gasteiger partial charge in [0.25, 0.3) is 0 Å². The number of aliphatic hydroxyl groups is 3. The number of carbonyl (C=O) groups is 1. The maximum Gasteiger partial charge on any atom is 0.239 e. The van der Waals surface area contributed by atoms with Crippen molar-refractivity contribution in [3.63, 3.8) is 0 Å². The Hall–Kier alpha value is -0.690. The molecule has 6 nitrogen and oxygen atoms in total. The molecule has 0 spiro atoms. The van der Waals surface area contributed by atoms with Gasteiger partial charge in [0, 0.05) is 13.1 Å². The van der Waals surface area contributed by atoms with Crippen LogP contribution in [-0.4, -0.2) is 59.2 Å². The zero-order valence-corrected chi connectivity index (χ0v) is 7.97. The van der Waals surface area contributed by atoms with Gasteiger partial charge in [-0.15, -0.1) is 0 Å². The Kier molecular flexibility index (Phi) is 3.82. The standard InChI is InChI=1S/C8H16N2O4/c1-9-8(14)6-7(13)5(12)2-4(3-11)10-6/h4-7,10-13H,2-3H2,1H3,(H,9,14)/t4-,5-,6-,7-/m0/s1. The van der Waals surface area contributed by atoms with Gasteiger partial charge in [0.15, 0.2) is 0 Å². The van der Waals surface area contributed by atoms with E-state index in [2.05, 4.69) is 10.6 Å². The van der Waals surface area contributed by atoms with E-state index in [1.54, 1.807) is 0 Å². The molecule has 1 aliphatic heterocycles. The lowest BCUT2D eigenvalue weighted by Crippen LogP contribution is -2.63. The van der Waals surface area contributed by atoms with Gasteiger partial charge in [-0.2, -0.15) is 0 Å². The van der Waals surface area contributed by atoms with Crippen molar-refractivity contribution in [1.82, 2.24) is 10.6 Å². The van der Waals surface area contributed by atoms with Crippen molar-refractivity contribution in [2.75, 3.05) is 13.7 Å². The minimum absolute atomic E-state index is 0.169. The lowest BCUT2D eigenvalue weighted by molar-refractivity contribution is -0.131. The van der Waals surface area contributed by atoms with Gasteiger partial charge >= 0.3 is 0 Å². The molecule has 0 saturated carbocycles. The van der Waals surface area contributed by atoms with Crippen LogP contribution < -0.4 is 10.6 Å². The highest BCUT2D eigenvalue weighted by atomic mass is 16.3. The van der Waals surface area contributed by atoms with E-state index in [9.17, 15) is 15.0 Å². The number of piperidine rings is 1. The molecule has 0 aromatic rings. The molecule has 82 valence electrons. The molecule has 0 aromatic heterocycles. The summed E-state index contributed by atoms with van der Waals surface area (Å²) in [5.74, 6) is -0.394. The molecule has 1 fully saturated rings. The third-order valence-electron chi connectivity index (χ3n) is 2.43. The molecule has 1 amide bonds. The quantitative estimate of drug-likeness (QED) is 0.334. The highest BCUT2D eigenvalue weighted by Crippen LogP contribution is 2.14. The van der Waals surface area contributed by atoms with Gasteiger partial charge in [-0.3, -0.25) is 10.1 Å². The number of carbonyl (C=O) groups excluding carboxylic acids is 1. The molecule has 6 heteroatoms. The second-order valence-electron chi connectivity index (χ2n) is 3.43. The molecule has 5 N–H and O–H groups in total. The van der Waals surface area contributed by atoms with Crippen molar-refractivity contribution in [2.45, 2.75) is 30.7 Å². The summed E-state index contributed by atoms with van der Waals surface area (Å²) in [5, 5.41) is 32.9. The molecular formula is C8H16N2O4. The van der Waals surface area contributed by atoms with Crippen LogP contribution in [0.2, 0.25) is 0 Å². The van der Waals surface area contributed by atoms with Crippen LogP contribution in [0, 0.1) is 0 Å². The molecular weight excluding hydrogens is 188 g/mol. The summed E-state index contributed by atoms with van der Waals surface area (Å²) in [6.07, 6.45) is -1.86. The van der Waals surface area contributed by atoms with Gasteiger partial charge in [-0.05, 0) is 6.42 Å². The molecule has 14 heavy (non-hydrogen) atoms. The number of rotatable bonds is 2. The molecule has 0 radical (unpaired) electrons. The van der Waals surface area contributed by atoms with Crippen molar-refractivity contribution >= 4 is 5.91 Å². The Labute approximate surface area is 81.9 Å². The van der Waals surface area contributed by atoms with Crippen LogP contribution in [0.5, 0.6) is 0 Å². The molecule has 0 aromatic carbocycles. The summed E-state index contributed by atoms with van der Waals surface area (Å²) < 4.78 is 0. The summed E-state index contributed by atoms with van der Waals surface area (Å²) in [7, 11) is 1.45. The van der Waals surface area contributed by atoms with Crippen LogP contribution in [0.15, 0.2) is 0 Å². The number of nitrogens with one attached hydrogen (secondary N) is 2. The van der Waals surface area contributed by atoms with Crippen LogP contribution in [0.4, 0.5) is 0 Å². The van der Waals surface area contributed by atoms with E-state index in [1.165, 1.54) is 7.05 Å². The van der Waals surface area contributed by atoms with Crippen LogP contribution >= 0.6 is 0 Å². The average Bonchev–Trinajstić information content (AvgIpc) is 2.20. The van der Waals surface area contributed by atoms with E-state index >= 15 is 0 Å². The number of hydrogen-bond acceptors (Lipinski definition) is 5. The molecule has 1 heterocycles. The lowest BCUT2D eigenvalue weighted by atomic mass is 9.93. The Balaban J connectivity index is 2.67. The number of amides is 1. The van der Waals surface area contributed by atoms with Crippen molar-refractivity contribution in [1.29, 1.82) is 0 Å². The summed E-state index contributed by atoms with van der Waals surface area (Å²) in [6, 6.07) is -1.21. The molecule has 1 rings (SSSR count). The van der Waals surface area contributed by atoms with Crippen LogP contribution in [0.1, 0.15) is 6.42 Å². The van der Waals surface area contributed by atoms with E-state index in [4.69, 9.17) is 5.11 Å². The fourth-order valence-corrected chi connectivity index (χ4v) is 1.59. The lowest BCUT2D eigenvalue weighted by Gasteiger charge is -2.36. The van der Waals surface area contributed by atoms with Crippen molar-refractivity contribution in [3.8, 4) is 0 Å². The van der Waals surface area contributed by atoms with Crippen LogP contribution in [-0.2, 0) is 4.79 Å². The zero-order chi connectivity index (χ0) is 10.7. The Bertz CT molecular complexity index is 212. The second-order valence-corrected chi connectivity index (χ2v) is 3.43. The van der Waals surface area contributed by atoms with Gasteiger partial charge in [-0.1, -0.05) is 0 Å². The largest absolute Gasteiger partial charge is 0.395 e. The topological polar surface area (TPSA) is 102 Å². The Morgan fingerprint density at radius 3 is 2.71 bits per heavy atom. The van der Waals surface area contributed by atoms with E-state index in [0.29, 0.717) is 0 Å². The van der Waals surface area contributed by atoms with Crippen molar-refractivity contribution in [2.24, 2.45) is 0 Å². The first-order valence-corrected chi connectivity index (χ1v) is 4.54. The highest BCUT2D eigenvalue weighted by Gasteiger charge is 2.38. The predicted molar refractivity (Wildman–Crippen MR) is 48.5 cm³/mol. The maximum atomic E-state index is 11.3. The van der Waals surface area contributed by atoms with Gasteiger partial charge < -0.3 is 20.6 Å². The Morgan fingerprint density at radius 1 is 1.57 bits per heavy atom. The first kappa shape index (κ1) is 11.4. The van der Waals surface area contributed by atoms with Crippen molar-refractivity contribution < 1.29 is 20.1 Å². The smallest absolute Gasteiger partial charge is 0.239 e. The van der Waals surface area contributed by atoms with Gasteiger partial charge in [-0.25, -0.2) is 0 Å². The SMILES string of the molecule is CNC(=O)[C@H]1N[C@H](CO)C[C@H](O)[C@@H]1O. The number of likely N-dealkylation sites (N-methyl/N-ethyl adjacent to an activating group) is 1. The van der Waals surface area contributed by atoms with Gasteiger partial charge in [0.1, 0.15) is 12.1 Å². The van der Waals surface area contributed by atoms with E-state index in [0.717, 1.165) is 0 Å².